The maximum absolute atomic E-state index is 12.3. The van der Waals surface area contributed by atoms with E-state index in [2.05, 4.69) is 31.4 Å². The molecule has 108 valence electrons. The molecule has 0 spiro atoms. The van der Waals surface area contributed by atoms with E-state index >= 15 is 0 Å². The summed E-state index contributed by atoms with van der Waals surface area (Å²) in [6, 6.07) is 1.96. The highest BCUT2D eigenvalue weighted by Gasteiger charge is 2.30. The van der Waals surface area contributed by atoms with Gasteiger partial charge in [0, 0.05) is 18.9 Å². The highest BCUT2D eigenvalue weighted by Crippen LogP contribution is 2.17. The fourth-order valence-corrected chi connectivity index (χ4v) is 2.10. The second-order valence-electron chi connectivity index (χ2n) is 5.25. The van der Waals surface area contributed by atoms with Crippen molar-refractivity contribution in [1.82, 2.24) is 24.9 Å². The Morgan fingerprint density at radius 2 is 2.20 bits per heavy atom. The minimum absolute atomic E-state index is 0.101. The molecule has 0 aliphatic carbocycles. The van der Waals surface area contributed by atoms with E-state index in [-0.39, 0.29) is 5.91 Å². The van der Waals surface area contributed by atoms with Crippen molar-refractivity contribution in [2.24, 2.45) is 7.05 Å². The molecule has 2 aromatic heterocycles. The molecule has 0 aliphatic rings. The van der Waals surface area contributed by atoms with Crippen LogP contribution in [0.3, 0.4) is 0 Å². The first-order chi connectivity index (χ1) is 9.30. The van der Waals surface area contributed by atoms with Crippen LogP contribution in [0.2, 0.25) is 0 Å². The number of amides is 1. The summed E-state index contributed by atoms with van der Waals surface area (Å²) in [5, 5.41) is 11.4. The van der Waals surface area contributed by atoms with E-state index in [9.17, 15) is 4.79 Å². The van der Waals surface area contributed by atoms with Crippen molar-refractivity contribution in [3.63, 3.8) is 0 Å². The van der Waals surface area contributed by atoms with Crippen molar-refractivity contribution >= 4 is 21.8 Å². The first-order valence-corrected chi connectivity index (χ1v) is 7.08. The van der Waals surface area contributed by atoms with Crippen LogP contribution < -0.4 is 5.32 Å². The average Bonchev–Trinajstić information content (AvgIpc) is 2.94. The van der Waals surface area contributed by atoms with Crippen LogP contribution in [0.1, 0.15) is 25.2 Å². The monoisotopic (exact) mass is 339 g/mol. The molecule has 0 fully saturated rings. The minimum atomic E-state index is -0.754. The van der Waals surface area contributed by atoms with Gasteiger partial charge in [0.05, 0.1) is 22.9 Å². The van der Waals surface area contributed by atoms with Crippen molar-refractivity contribution in [3.8, 4) is 0 Å². The van der Waals surface area contributed by atoms with Gasteiger partial charge in [-0.1, -0.05) is 0 Å². The van der Waals surface area contributed by atoms with Crippen molar-refractivity contribution in [1.29, 1.82) is 0 Å². The Labute approximate surface area is 126 Å². The topological polar surface area (TPSA) is 64.7 Å². The van der Waals surface area contributed by atoms with Gasteiger partial charge in [0.2, 0.25) is 5.91 Å². The molecule has 0 saturated heterocycles. The zero-order chi connectivity index (χ0) is 14.9. The summed E-state index contributed by atoms with van der Waals surface area (Å²) in [5.74, 6) is -0.101. The molecule has 2 rings (SSSR count). The van der Waals surface area contributed by atoms with E-state index < -0.39 is 5.54 Å². The lowest BCUT2D eigenvalue weighted by atomic mass is 10.1. The third kappa shape index (κ3) is 2.92. The standard InChI is InChI=1S/C13H18BrN5O/c1-9-5-11(17-18(9)4)7-15-12(20)13(2,3)19-8-10(14)6-16-19/h5-6,8H,7H2,1-4H3,(H,15,20). The van der Waals surface area contributed by atoms with Gasteiger partial charge in [-0.05, 0) is 42.8 Å². The number of halogens is 1. The van der Waals surface area contributed by atoms with E-state index in [0.29, 0.717) is 6.54 Å². The Balaban J connectivity index is 2.04. The summed E-state index contributed by atoms with van der Waals surface area (Å²) in [6.07, 6.45) is 3.45. The number of hydrogen-bond acceptors (Lipinski definition) is 3. The summed E-state index contributed by atoms with van der Waals surface area (Å²) in [4.78, 5) is 12.3. The Bertz CT molecular complexity index is 609. The maximum Gasteiger partial charge on any atom is 0.247 e. The molecule has 0 bridgehead atoms. The van der Waals surface area contributed by atoms with Gasteiger partial charge in [-0.2, -0.15) is 10.2 Å². The van der Waals surface area contributed by atoms with Crippen LogP contribution in [0.15, 0.2) is 22.9 Å². The number of hydrogen-bond donors (Lipinski definition) is 1. The van der Waals surface area contributed by atoms with Gasteiger partial charge >= 0.3 is 0 Å². The van der Waals surface area contributed by atoms with E-state index in [1.54, 1.807) is 21.8 Å². The summed E-state index contributed by atoms with van der Waals surface area (Å²) in [7, 11) is 1.88. The van der Waals surface area contributed by atoms with Gasteiger partial charge < -0.3 is 5.32 Å². The second-order valence-corrected chi connectivity index (χ2v) is 6.16. The summed E-state index contributed by atoms with van der Waals surface area (Å²) < 4.78 is 4.27. The van der Waals surface area contributed by atoms with Crippen molar-refractivity contribution < 1.29 is 4.79 Å². The fourth-order valence-electron chi connectivity index (χ4n) is 1.82. The zero-order valence-corrected chi connectivity index (χ0v) is 13.6. The minimum Gasteiger partial charge on any atom is -0.348 e. The van der Waals surface area contributed by atoms with Gasteiger partial charge in [-0.15, -0.1) is 0 Å². The molecular formula is C13H18BrN5O. The number of carbonyl (C=O) groups is 1. The van der Waals surface area contributed by atoms with Crippen molar-refractivity contribution in [2.45, 2.75) is 32.9 Å². The van der Waals surface area contributed by atoms with Crippen molar-refractivity contribution in [3.05, 3.63) is 34.3 Å². The summed E-state index contributed by atoms with van der Waals surface area (Å²) in [6.45, 7) is 6.03. The van der Waals surface area contributed by atoms with Crippen LogP contribution in [-0.4, -0.2) is 25.5 Å². The van der Waals surface area contributed by atoms with Crippen LogP contribution >= 0.6 is 15.9 Å². The third-order valence-corrected chi connectivity index (χ3v) is 3.68. The highest BCUT2D eigenvalue weighted by molar-refractivity contribution is 9.10. The fraction of sp³-hybridized carbons (Fsp3) is 0.462. The molecule has 1 amide bonds. The molecule has 20 heavy (non-hydrogen) atoms. The molecule has 0 aliphatic heterocycles. The average molecular weight is 340 g/mol. The number of nitrogens with one attached hydrogen (secondary N) is 1. The van der Waals surface area contributed by atoms with E-state index in [4.69, 9.17) is 0 Å². The molecule has 0 unspecified atom stereocenters. The van der Waals surface area contributed by atoms with Crippen LogP contribution in [0.25, 0.3) is 0 Å². The molecule has 6 nitrogen and oxygen atoms in total. The lowest BCUT2D eigenvalue weighted by Crippen LogP contribution is -2.44. The molecule has 2 aromatic rings. The van der Waals surface area contributed by atoms with E-state index in [0.717, 1.165) is 15.9 Å². The quantitative estimate of drug-likeness (QED) is 0.922. The smallest absolute Gasteiger partial charge is 0.247 e. The number of carbonyl (C=O) groups excluding carboxylic acids is 1. The summed E-state index contributed by atoms with van der Waals surface area (Å²) >= 11 is 3.33. The van der Waals surface area contributed by atoms with E-state index in [1.165, 1.54) is 0 Å². The predicted molar refractivity (Wildman–Crippen MR) is 79.0 cm³/mol. The zero-order valence-electron chi connectivity index (χ0n) is 12.0. The summed E-state index contributed by atoms with van der Waals surface area (Å²) in [5.41, 5.74) is 1.15. The van der Waals surface area contributed by atoms with Gasteiger partial charge in [-0.25, -0.2) is 0 Å². The Morgan fingerprint density at radius 3 is 2.70 bits per heavy atom. The van der Waals surface area contributed by atoms with Crippen LogP contribution in [-0.2, 0) is 23.9 Å². The Morgan fingerprint density at radius 1 is 1.50 bits per heavy atom. The van der Waals surface area contributed by atoms with Crippen LogP contribution in [0.5, 0.6) is 0 Å². The predicted octanol–water partition coefficient (Wildman–Crippen LogP) is 1.74. The molecule has 1 N–H and O–H groups in total. The second kappa shape index (κ2) is 5.40. The molecule has 0 atom stereocenters. The lowest BCUT2D eigenvalue weighted by Gasteiger charge is -2.23. The number of aromatic nitrogens is 4. The van der Waals surface area contributed by atoms with Crippen LogP contribution in [0, 0.1) is 6.92 Å². The Hall–Kier alpha value is -1.63. The Kier molecular flexibility index (Phi) is 3.99. The molecule has 7 heteroatoms. The first kappa shape index (κ1) is 14.8. The van der Waals surface area contributed by atoms with Crippen molar-refractivity contribution in [2.75, 3.05) is 0 Å². The van der Waals surface area contributed by atoms with Gasteiger partial charge in [0.1, 0.15) is 5.54 Å². The molecular weight excluding hydrogens is 322 g/mol. The third-order valence-electron chi connectivity index (χ3n) is 3.27. The molecule has 0 saturated carbocycles. The van der Waals surface area contributed by atoms with Gasteiger partial charge in [0.15, 0.2) is 0 Å². The SMILES string of the molecule is Cc1cc(CNC(=O)C(C)(C)n2cc(Br)cn2)nn1C. The normalized spacial score (nSPS) is 11.7. The van der Waals surface area contributed by atoms with E-state index in [1.807, 2.05) is 33.9 Å². The lowest BCUT2D eigenvalue weighted by molar-refractivity contribution is -0.129. The molecule has 0 radical (unpaired) electrons. The number of nitrogens with zero attached hydrogens (tertiary/aromatic N) is 4. The largest absolute Gasteiger partial charge is 0.348 e. The molecule has 0 aromatic carbocycles. The maximum atomic E-state index is 12.3. The number of aryl methyl sites for hydroxylation is 2. The first-order valence-electron chi connectivity index (χ1n) is 6.29. The van der Waals surface area contributed by atoms with Crippen LogP contribution in [0.4, 0.5) is 0 Å². The number of rotatable bonds is 4. The van der Waals surface area contributed by atoms with Gasteiger partial charge in [0.25, 0.3) is 0 Å². The highest BCUT2D eigenvalue weighted by atomic mass is 79.9. The van der Waals surface area contributed by atoms with Gasteiger partial charge in [-0.3, -0.25) is 14.2 Å². The molecule has 2 heterocycles.